The van der Waals surface area contributed by atoms with Crippen LogP contribution in [0.4, 0.5) is 0 Å². The SMILES string of the molecule is CC1(C)CC[C@]2(C(=O)O[C@@H]3O[C@H](CO)[C@@H](O)[C@H](O)[C@H]3O)CC[C@]3(C)C(=CC[C@@H]4[C@@]5(C)C[C@@H](O)[C@H](O[C@@H]6O[C@H](COC(=O)c7cc(O)c(O)c(O)c7)[C@@H](O)[C@H](O)[C@H]6O)[C@](C)(CO)[C@@H]5CC[C@]43C)[C@H]2[C@@H]1O. The van der Waals surface area contributed by atoms with Crippen LogP contribution < -0.4 is 0 Å². The average Bonchev–Trinajstić information content (AvgIpc) is 3.30. The van der Waals surface area contributed by atoms with Crippen molar-refractivity contribution < 1.29 is 99.7 Å². The predicted octanol–water partition coefficient (Wildman–Crippen LogP) is 0.212. The zero-order valence-electron chi connectivity index (χ0n) is 39.9. The number of phenols is 3. The Labute approximate surface area is 400 Å². The van der Waals surface area contributed by atoms with Crippen molar-refractivity contribution in [2.24, 2.45) is 50.2 Å². The molecule has 0 aromatic heterocycles. The van der Waals surface area contributed by atoms with E-state index in [9.17, 15) is 76.0 Å². The number of ether oxygens (including phenoxy) is 5. The summed E-state index contributed by atoms with van der Waals surface area (Å²) in [7, 11) is 0. The maximum atomic E-state index is 14.7. The summed E-state index contributed by atoms with van der Waals surface area (Å²) in [5.74, 6) is -5.34. The van der Waals surface area contributed by atoms with Gasteiger partial charge in [0.15, 0.2) is 23.5 Å². The standard InChI is InChI=1S/C49H72O20/c1-44(2)11-13-49(43(64)69-42-37(61)34(58)32(56)26(18-50)66-42)14-12-47(5)22(30(49)38(44)62)7-8-29-45(3)17-25(54)39(46(4,20-51)28(45)9-10-48(29,47)6)68-41-36(60)35(59)33(57)27(67-41)19-65-40(63)21-15-23(52)31(55)24(53)16-21/h7,15-16,25-30,32-39,41-42,50-62H,8-14,17-20H2,1-6H3/t25-,26-,27-,28-,29-,30+,32-,33-,34+,35+,36-,37-,38+,39+,41+,42+,45+,46-,47-,48-,49+/m1/s1. The lowest BCUT2D eigenvalue weighted by atomic mass is 9.33. The number of fused-ring (bicyclic) bond motifs is 7. The Morgan fingerprint density at radius 1 is 0.725 bits per heavy atom. The van der Waals surface area contributed by atoms with E-state index in [1.165, 1.54) is 0 Å². The third-order valence-corrected chi connectivity index (χ3v) is 19.0. The van der Waals surface area contributed by atoms with Crippen LogP contribution in [0.5, 0.6) is 17.2 Å². The Kier molecular flexibility index (Phi) is 13.6. The number of allylic oxidation sites excluding steroid dienone is 1. The minimum atomic E-state index is -1.86. The summed E-state index contributed by atoms with van der Waals surface area (Å²) < 4.78 is 29.0. The van der Waals surface area contributed by atoms with E-state index >= 15 is 0 Å². The zero-order valence-corrected chi connectivity index (χ0v) is 39.9. The molecule has 20 nitrogen and oxygen atoms in total. The summed E-state index contributed by atoms with van der Waals surface area (Å²) in [6.45, 7) is 10.4. The first-order chi connectivity index (χ1) is 32.2. The smallest absolute Gasteiger partial charge is 0.338 e. The Hall–Kier alpha value is -3.22. The predicted molar refractivity (Wildman–Crippen MR) is 236 cm³/mol. The van der Waals surface area contributed by atoms with E-state index in [1.54, 1.807) is 6.92 Å². The van der Waals surface area contributed by atoms with E-state index in [-0.39, 0.29) is 23.8 Å². The van der Waals surface area contributed by atoms with Gasteiger partial charge in [-0.1, -0.05) is 53.2 Å². The van der Waals surface area contributed by atoms with Crippen LogP contribution in [0.15, 0.2) is 23.8 Å². The molecule has 1 aromatic rings. The van der Waals surface area contributed by atoms with E-state index in [1.807, 2.05) is 13.8 Å². The number of esters is 2. The molecule has 1 aromatic carbocycles. The molecular formula is C49H72O20. The minimum absolute atomic E-state index is 0.105. The fourth-order valence-corrected chi connectivity index (χ4v) is 14.6. The number of hydrogen-bond acceptors (Lipinski definition) is 20. The number of carbonyl (C=O) groups is 2. The summed E-state index contributed by atoms with van der Waals surface area (Å²) in [6.07, 6.45) is -14.6. The number of benzene rings is 1. The quantitative estimate of drug-likeness (QED) is 0.0681. The molecule has 13 N–H and O–H groups in total. The summed E-state index contributed by atoms with van der Waals surface area (Å²) in [5, 5.41) is 140. The molecule has 8 rings (SSSR count). The van der Waals surface area contributed by atoms with Crippen molar-refractivity contribution in [2.45, 2.75) is 173 Å². The Morgan fingerprint density at radius 3 is 1.94 bits per heavy atom. The van der Waals surface area contributed by atoms with Gasteiger partial charge in [0.05, 0.1) is 42.5 Å². The molecule has 5 aliphatic carbocycles. The number of aliphatic hydroxyl groups is 10. The van der Waals surface area contributed by atoms with Gasteiger partial charge >= 0.3 is 11.9 Å². The molecule has 0 unspecified atom stereocenters. The Bertz CT molecular complexity index is 2130. The number of rotatable bonds is 9. The van der Waals surface area contributed by atoms with Gasteiger partial charge in [0.25, 0.3) is 0 Å². The summed E-state index contributed by atoms with van der Waals surface area (Å²) in [5.41, 5.74) is -4.18. The van der Waals surface area contributed by atoms with Crippen LogP contribution in [-0.4, -0.2) is 178 Å². The topological polar surface area (TPSA) is 343 Å². The minimum Gasteiger partial charge on any atom is -0.504 e. The van der Waals surface area contributed by atoms with Gasteiger partial charge in [0, 0.05) is 11.3 Å². The molecule has 2 aliphatic heterocycles. The maximum absolute atomic E-state index is 14.7. The van der Waals surface area contributed by atoms with Crippen LogP contribution in [0.25, 0.3) is 0 Å². The Morgan fingerprint density at radius 2 is 1.32 bits per heavy atom. The van der Waals surface area contributed by atoms with Gasteiger partial charge in [0.2, 0.25) is 6.29 Å². The summed E-state index contributed by atoms with van der Waals surface area (Å²) in [6, 6.07) is 1.70. The molecule has 2 heterocycles. The van der Waals surface area contributed by atoms with Gasteiger partial charge in [-0.3, -0.25) is 4.79 Å². The third kappa shape index (κ3) is 7.90. The number of carbonyl (C=O) groups excluding carboxylic acids is 2. The van der Waals surface area contributed by atoms with Crippen LogP contribution in [-0.2, 0) is 28.5 Å². The van der Waals surface area contributed by atoms with Crippen molar-refractivity contribution in [3.63, 3.8) is 0 Å². The van der Waals surface area contributed by atoms with Crippen molar-refractivity contribution in [2.75, 3.05) is 19.8 Å². The largest absolute Gasteiger partial charge is 0.504 e. The molecule has 21 atom stereocenters. The van der Waals surface area contributed by atoms with Crippen LogP contribution in [0.3, 0.4) is 0 Å². The van der Waals surface area contributed by atoms with Gasteiger partial charge in [-0.25, -0.2) is 4.79 Å². The lowest BCUT2D eigenvalue weighted by Crippen LogP contribution is -2.70. The van der Waals surface area contributed by atoms with Crippen molar-refractivity contribution in [1.82, 2.24) is 0 Å². The highest BCUT2D eigenvalue weighted by Crippen LogP contribution is 2.76. The van der Waals surface area contributed by atoms with Crippen LogP contribution in [0, 0.1) is 50.2 Å². The van der Waals surface area contributed by atoms with E-state index < -0.39 is 167 Å². The lowest BCUT2D eigenvalue weighted by molar-refractivity contribution is -0.345. The summed E-state index contributed by atoms with van der Waals surface area (Å²) >= 11 is 0. The molecule has 0 bridgehead atoms. The van der Waals surface area contributed by atoms with Crippen LogP contribution >= 0.6 is 0 Å². The van der Waals surface area contributed by atoms with Crippen molar-refractivity contribution in [1.29, 1.82) is 0 Å². The lowest BCUT2D eigenvalue weighted by Gasteiger charge is -2.72. The molecule has 69 heavy (non-hydrogen) atoms. The second kappa shape index (κ2) is 18.1. The Balaban J connectivity index is 1.04. The van der Waals surface area contributed by atoms with E-state index in [4.69, 9.17) is 23.7 Å². The van der Waals surface area contributed by atoms with Crippen LogP contribution in [0.1, 0.15) is 103 Å². The second-order valence-corrected chi connectivity index (χ2v) is 22.9. The van der Waals surface area contributed by atoms with Gasteiger partial charge < -0.3 is 90.1 Å². The zero-order chi connectivity index (χ0) is 50.7. The van der Waals surface area contributed by atoms with Crippen LogP contribution in [0.2, 0.25) is 0 Å². The monoisotopic (exact) mass is 980 g/mol. The molecule has 2 saturated heterocycles. The van der Waals surface area contributed by atoms with Gasteiger partial charge in [-0.2, -0.15) is 0 Å². The molecule has 7 aliphatic rings. The fourth-order valence-electron chi connectivity index (χ4n) is 14.6. The molecule has 20 heteroatoms. The highest BCUT2D eigenvalue weighted by atomic mass is 16.7. The highest BCUT2D eigenvalue weighted by Gasteiger charge is 2.72. The molecule has 4 saturated carbocycles. The van der Waals surface area contributed by atoms with Crippen molar-refractivity contribution in [3.05, 3.63) is 29.3 Å². The highest BCUT2D eigenvalue weighted by molar-refractivity contribution is 5.91. The number of aromatic hydroxyl groups is 3. The van der Waals surface area contributed by atoms with Crippen molar-refractivity contribution >= 4 is 11.9 Å². The van der Waals surface area contributed by atoms with Gasteiger partial charge in [-0.05, 0) is 97.0 Å². The maximum Gasteiger partial charge on any atom is 0.338 e. The van der Waals surface area contributed by atoms with E-state index in [2.05, 4.69) is 26.8 Å². The van der Waals surface area contributed by atoms with Gasteiger partial charge in [-0.15, -0.1) is 0 Å². The second-order valence-electron chi connectivity index (χ2n) is 22.9. The fraction of sp³-hybridized carbons (Fsp3) is 0.796. The van der Waals surface area contributed by atoms with E-state index in [0.29, 0.717) is 44.9 Å². The number of phenolic OH excluding ortho intramolecular Hbond substituents is 3. The number of aliphatic hydroxyl groups excluding tert-OH is 10. The normalized spacial score (nSPS) is 48.1. The number of hydrogen-bond donors (Lipinski definition) is 13. The molecule has 0 amide bonds. The molecule has 388 valence electrons. The molecular weight excluding hydrogens is 909 g/mol. The average molecular weight is 981 g/mol. The van der Waals surface area contributed by atoms with E-state index in [0.717, 1.165) is 17.7 Å². The van der Waals surface area contributed by atoms with Crippen molar-refractivity contribution in [3.8, 4) is 17.2 Å². The molecule has 0 radical (unpaired) electrons. The summed E-state index contributed by atoms with van der Waals surface area (Å²) in [4.78, 5) is 27.5. The van der Waals surface area contributed by atoms with Gasteiger partial charge in [0.1, 0.15) is 55.4 Å². The molecule has 0 spiro atoms. The first-order valence-electron chi connectivity index (χ1n) is 24.1. The third-order valence-electron chi connectivity index (χ3n) is 19.0. The molecule has 6 fully saturated rings. The first kappa shape index (κ1) is 52.1. The first-order valence-corrected chi connectivity index (χ1v) is 24.1.